The molecule has 0 saturated heterocycles. The predicted octanol–water partition coefficient (Wildman–Crippen LogP) is 3.89. The molecule has 0 bridgehead atoms. The Kier molecular flexibility index (Phi) is 5.63. The number of alkyl halides is 5. The summed E-state index contributed by atoms with van der Waals surface area (Å²) in [6.07, 6.45) is 2.19. The van der Waals surface area contributed by atoms with Crippen LogP contribution in [0.25, 0.3) is 11.5 Å². The molecule has 1 amide bonds. The number of carbonyl (C=O) groups is 1. The van der Waals surface area contributed by atoms with Crippen LogP contribution in [0.5, 0.6) is 0 Å². The second-order valence-electron chi connectivity index (χ2n) is 9.28. The average Bonchev–Trinajstić information content (AvgIpc) is 3.68. The molecule has 0 saturated carbocycles. The van der Waals surface area contributed by atoms with E-state index >= 15 is 0 Å². The van der Waals surface area contributed by atoms with Crippen LogP contribution in [0.15, 0.2) is 49.3 Å². The van der Waals surface area contributed by atoms with Gasteiger partial charge in [-0.15, -0.1) is 9.90 Å². The summed E-state index contributed by atoms with van der Waals surface area (Å²) in [6, 6.07) is 1.77. The van der Waals surface area contributed by atoms with Crippen LogP contribution in [0.2, 0.25) is 0 Å². The molecule has 2 atom stereocenters. The van der Waals surface area contributed by atoms with Crippen molar-refractivity contribution >= 4 is 17.2 Å². The number of nitrogens with zero attached hydrogens (tertiary/aromatic N) is 9. The number of hydrogen-bond donors (Lipinski definition) is 1. The van der Waals surface area contributed by atoms with E-state index in [1.54, 1.807) is 6.92 Å². The van der Waals surface area contributed by atoms with E-state index in [1.165, 1.54) is 29.3 Å². The van der Waals surface area contributed by atoms with Gasteiger partial charge in [0.1, 0.15) is 5.56 Å². The third-order valence-electron chi connectivity index (χ3n) is 6.80. The van der Waals surface area contributed by atoms with Crippen LogP contribution < -0.4 is 5.32 Å². The van der Waals surface area contributed by atoms with Gasteiger partial charge in [-0.2, -0.15) is 41.6 Å². The predicted molar refractivity (Wildman–Crippen MR) is 123 cm³/mol. The fraction of sp³-hybridized carbons (Fsp3) is 0.261. The number of halogens is 6. The molecule has 6 rings (SSSR count). The van der Waals surface area contributed by atoms with Gasteiger partial charge in [-0.1, -0.05) is 0 Å². The SMILES string of the molecule is C[C@@]1(c2cnn(C(F)F)c2)C[C@@H](C(=O)Nc2cnc(-n3nccn3)c(C(F)(F)F)c2)c2cnc3cc(F)nn3c21. The Morgan fingerprint density at radius 2 is 1.85 bits per heavy atom. The van der Waals surface area contributed by atoms with Gasteiger partial charge >= 0.3 is 12.7 Å². The van der Waals surface area contributed by atoms with Crippen molar-refractivity contribution in [3.8, 4) is 5.82 Å². The first-order chi connectivity index (χ1) is 19.0. The Bertz CT molecular complexity index is 1740. The van der Waals surface area contributed by atoms with Gasteiger partial charge in [0, 0.05) is 35.0 Å². The quantitative estimate of drug-likeness (QED) is 0.323. The fourth-order valence-electron chi connectivity index (χ4n) is 5.01. The minimum absolute atomic E-state index is 0.0276. The van der Waals surface area contributed by atoms with Crippen molar-refractivity contribution in [2.75, 3.05) is 5.32 Å². The molecular weight excluding hydrogens is 546 g/mol. The minimum atomic E-state index is -4.85. The average molecular weight is 562 g/mol. The summed E-state index contributed by atoms with van der Waals surface area (Å²) in [5, 5.41) is 17.3. The summed E-state index contributed by atoms with van der Waals surface area (Å²) >= 11 is 0. The molecule has 1 aliphatic rings. The van der Waals surface area contributed by atoms with Crippen molar-refractivity contribution in [2.24, 2.45) is 0 Å². The van der Waals surface area contributed by atoms with E-state index in [1.807, 2.05) is 0 Å². The number of amides is 1. The molecule has 0 unspecified atom stereocenters. The van der Waals surface area contributed by atoms with Gasteiger partial charge in [-0.25, -0.2) is 19.2 Å². The molecule has 206 valence electrons. The molecule has 5 heterocycles. The molecule has 5 aromatic heterocycles. The molecule has 17 heteroatoms. The van der Waals surface area contributed by atoms with E-state index in [4.69, 9.17) is 0 Å². The standard InChI is InChI=1S/C23H16F6N10O/c1-22(11-7-34-37(10-11)21(25)26)6-13(14-9-30-17-5-16(24)36-38(17)18(14)22)20(40)35-12-4-15(23(27,28)29)19(31-8-12)39-32-2-3-33-39/h2-5,7-10,13,21H,6H2,1H3,(H,35,40)/t13-,22+/m1/s1. The van der Waals surface area contributed by atoms with Crippen LogP contribution in [0.1, 0.15) is 48.2 Å². The maximum Gasteiger partial charge on any atom is 0.420 e. The van der Waals surface area contributed by atoms with Crippen LogP contribution >= 0.6 is 0 Å². The number of fused-ring (bicyclic) bond motifs is 3. The zero-order valence-corrected chi connectivity index (χ0v) is 20.2. The minimum Gasteiger partial charge on any atom is -0.324 e. The van der Waals surface area contributed by atoms with E-state index in [0.717, 1.165) is 18.5 Å². The van der Waals surface area contributed by atoms with E-state index in [2.05, 4.69) is 35.7 Å². The van der Waals surface area contributed by atoms with Crippen molar-refractivity contribution < 1.29 is 31.1 Å². The molecular formula is C23H16F6N10O. The van der Waals surface area contributed by atoms with Gasteiger partial charge < -0.3 is 5.32 Å². The molecule has 1 N–H and O–H groups in total. The van der Waals surface area contributed by atoms with Crippen molar-refractivity contribution in [1.29, 1.82) is 0 Å². The highest BCUT2D eigenvalue weighted by molar-refractivity contribution is 5.97. The lowest BCUT2D eigenvalue weighted by molar-refractivity contribution is -0.137. The first-order valence-electron chi connectivity index (χ1n) is 11.6. The smallest absolute Gasteiger partial charge is 0.324 e. The maximum absolute atomic E-state index is 14.1. The summed E-state index contributed by atoms with van der Waals surface area (Å²) in [6.45, 7) is -1.27. The number of aromatic nitrogens is 9. The van der Waals surface area contributed by atoms with Crippen molar-refractivity contribution in [1.82, 2.24) is 44.4 Å². The maximum atomic E-state index is 14.1. The number of pyridine rings is 1. The molecule has 11 nitrogen and oxygen atoms in total. The monoisotopic (exact) mass is 562 g/mol. The lowest BCUT2D eigenvalue weighted by atomic mass is 9.80. The van der Waals surface area contributed by atoms with E-state index < -0.39 is 47.3 Å². The largest absolute Gasteiger partial charge is 0.420 e. The van der Waals surface area contributed by atoms with Gasteiger partial charge in [0.05, 0.1) is 42.1 Å². The van der Waals surface area contributed by atoms with Crippen LogP contribution in [0.4, 0.5) is 32.0 Å². The van der Waals surface area contributed by atoms with Gasteiger partial charge in [-0.05, 0) is 19.4 Å². The topological polar surface area (TPSA) is 121 Å². The lowest BCUT2D eigenvalue weighted by Crippen LogP contribution is -2.25. The fourth-order valence-corrected chi connectivity index (χ4v) is 5.01. The number of hydrogen-bond acceptors (Lipinski definition) is 7. The highest BCUT2D eigenvalue weighted by Crippen LogP contribution is 2.50. The van der Waals surface area contributed by atoms with E-state index in [9.17, 15) is 31.1 Å². The zero-order valence-electron chi connectivity index (χ0n) is 20.2. The molecule has 40 heavy (non-hydrogen) atoms. The summed E-state index contributed by atoms with van der Waals surface area (Å²) in [5.41, 5.74) is -1.60. The van der Waals surface area contributed by atoms with Crippen molar-refractivity contribution in [3.05, 3.63) is 77.6 Å². The van der Waals surface area contributed by atoms with Crippen molar-refractivity contribution in [2.45, 2.75) is 37.4 Å². The van der Waals surface area contributed by atoms with Crippen molar-refractivity contribution in [3.63, 3.8) is 0 Å². The van der Waals surface area contributed by atoms with E-state index in [0.29, 0.717) is 32.4 Å². The van der Waals surface area contributed by atoms with Gasteiger partial charge in [-0.3, -0.25) is 4.79 Å². The second kappa shape index (κ2) is 8.85. The molecule has 0 aromatic carbocycles. The lowest BCUT2D eigenvalue weighted by Gasteiger charge is -2.24. The number of anilines is 1. The number of rotatable bonds is 5. The zero-order chi connectivity index (χ0) is 28.4. The Morgan fingerprint density at radius 3 is 2.52 bits per heavy atom. The molecule has 1 aliphatic carbocycles. The number of nitrogens with one attached hydrogen (secondary N) is 1. The second-order valence-corrected chi connectivity index (χ2v) is 9.28. The molecule has 5 aromatic rings. The Morgan fingerprint density at radius 1 is 1.10 bits per heavy atom. The molecule has 0 fully saturated rings. The highest BCUT2D eigenvalue weighted by Gasteiger charge is 2.48. The van der Waals surface area contributed by atoms with Gasteiger partial charge in [0.15, 0.2) is 11.5 Å². The van der Waals surface area contributed by atoms with Gasteiger partial charge in [0.25, 0.3) is 0 Å². The van der Waals surface area contributed by atoms with Crippen LogP contribution in [0, 0.1) is 5.95 Å². The molecule has 0 aliphatic heterocycles. The summed E-state index contributed by atoms with van der Waals surface area (Å²) < 4.78 is 83.8. The highest BCUT2D eigenvalue weighted by atomic mass is 19.4. The third kappa shape index (κ3) is 4.04. The summed E-state index contributed by atoms with van der Waals surface area (Å²) in [4.78, 5) is 22.2. The van der Waals surface area contributed by atoms with Gasteiger partial charge in [0.2, 0.25) is 11.9 Å². The normalized spacial score (nSPS) is 18.9. The Labute approximate surface area is 219 Å². The summed E-state index contributed by atoms with van der Waals surface area (Å²) in [7, 11) is 0. The molecule has 0 spiro atoms. The Balaban J connectivity index is 1.40. The summed E-state index contributed by atoms with van der Waals surface area (Å²) in [5.74, 6) is -3.18. The Hall–Kier alpha value is -4.83. The van der Waals surface area contributed by atoms with Crippen LogP contribution in [-0.2, 0) is 16.4 Å². The van der Waals surface area contributed by atoms with Crippen LogP contribution in [-0.4, -0.2) is 50.3 Å². The number of carbonyl (C=O) groups excluding carboxylic acids is 1. The third-order valence-corrected chi connectivity index (χ3v) is 6.80. The molecule has 0 radical (unpaired) electrons. The van der Waals surface area contributed by atoms with E-state index in [-0.39, 0.29) is 17.8 Å². The first kappa shape index (κ1) is 25.4. The van der Waals surface area contributed by atoms with Crippen LogP contribution in [0.3, 0.4) is 0 Å². The first-order valence-corrected chi connectivity index (χ1v) is 11.6.